The van der Waals surface area contributed by atoms with Gasteiger partial charge in [-0.15, -0.1) is 11.3 Å². The highest BCUT2D eigenvalue weighted by atomic mass is 32.1. The molecule has 12 aromatic rings. The Kier molecular flexibility index (Phi) is 9.34. The van der Waals surface area contributed by atoms with Crippen LogP contribution in [0.25, 0.3) is 52.9 Å². The lowest BCUT2D eigenvalue weighted by Crippen LogP contribution is -2.61. The summed E-state index contributed by atoms with van der Waals surface area (Å²) < 4.78 is 9.00. The Labute approximate surface area is 425 Å². The Morgan fingerprint density at radius 2 is 0.972 bits per heavy atom. The third kappa shape index (κ3) is 6.65. The van der Waals surface area contributed by atoms with Gasteiger partial charge in [0.25, 0.3) is 6.71 Å². The van der Waals surface area contributed by atoms with Crippen molar-refractivity contribution in [3.8, 4) is 0 Å². The van der Waals surface area contributed by atoms with E-state index in [4.69, 9.17) is 4.42 Å². The molecular formula is C66H52BN3OS. The summed E-state index contributed by atoms with van der Waals surface area (Å²) in [5, 5.41) is 7.22. The van der Waals surface area contributed by atoms with E-state index in [0.717, 1.165) is 56.1 Å². The molecule has 2 aliphatic heterocycles. The van der Waals surface area contributed by atoms with Crippen LogP contribution in [0.15, 0.2) is 211 Å². The topological polar surface area (TPSA) is 22.9 Å². The van der Waals surface area contributed by atoms with Crippen molar-refractivity contribution in [2.24, 2.45) is 0 Å². The van der Waals surface area contributed by atoms with Gasteiger partial charge in [-0.05, 0) is 152 Å². The molecule has 0 saturated heterocycles. The maximum Gasteiger partial charge on any atom is 0.252 e. The molecule has 0 aliphatic carbocycles. The van der Waals surface area contributed by atoms with E-state index < -0.39 is 0 Å². The zero-order valence-corrected chi connectivity index (χ0v) is 42.2. The molecule has 0 bridgehead atoms. The Bertz CT molecular complexity index is 4150. The fourth-order valence-corrected chi connectivity index (χ4v) is 12.8. The summed E-state index contributed by atoms with van der Waals surface area (Å²) in [6, 6.07) is 77.2. The van der Waals surface area contributed by atoms with Crippen LogP contribution in [-0.4, -0.2) is 6.71 Å². The lowest BCUT2D eigenvalue weighted by Gasteiger charge is -2.44. The molecule has 14 rings (SSSR count). The van der Waals surface area contributed by atoms with Crippen molar-refractivity contribution in [1.82, 2.24) is 0 Å². The van der Waals surface area contributed by atoms with Crippen LogP contribution < -0.4 is 31.1 Å². The van der Waals surface area contributed by atoms with Gasteiger partial charge in [0, 0.05) is 76.7 Å². The molecule has 72 heavy (non-hydrogen) atoms. The van der Waals surface area contributed by atoms with E-state index in [1.54, 1.807) is 0 Å². The smallest absolute Gasteiger partial charge is 0.252 e. The van der Waals surface area contributed by atoms with Crippen LogP contribution in [-0.2, 0) is 10.8 Å². The highest BCUT2D eigenvalue weighted by Crippen LogP contribution is 2.48. The molecule has 346 valence electrons. The number of benzene rings is 10. The van der Waals surface area contributed by atoms with Gasteiger partial charge in [0.2, 0.25) is 0 Å². The Hall–Kier alpha value is -8.06. The van der Waals surface area contributed by atoms with Crippen LogP contribution >= 0.6 is 11.3 Å². The summed E-state index contributed by atoms with van der Waals surface area (Å²) in [5.41, 5.74) is 18.6. The molecule has 0 fully saturated rings. The number of fused-ring (bicyclic) bond motifs is 11. The number of furan rings is 1. The lowest BCUT2D eigenvalue weighted by atomic mass is 9.33. The summed E-state index contributed by atoms with van der Waals surface area (Å²) >= 11 is 1.89. The van der Waals surface area contributed by atoms with E-state index in [2.05, 4.69) is 256 Å². The highest BCUT2D eigenvalue weighted by Gasteiger charge is 2.44. The highest BCUT2D eigenvalue weighted by molar-refractivity contribution is 7.26. The number of hydrogen-bond donors (Lipinski definition) is 0. The first-order valence-corrected chi connectivity index (χ1v) is 26.0. The van der Waals surface area contributed by atoms with Gasteiger partial charge >= 0.3 is 0 Å². The molecule has 0 saturated carbocycles. The standard InChI is InChI=1S/C66H52BN3OS/c1-65(2,3)43-23-28-45(29-24-43)69-56-18-13-19-57-64(56)67(55-39-53-51-17-10-12-21-62(51)72-63(53)40-59(55)70(57)46-30-25-44(26-31-46)66(4,5)6)54-34-32-49(38-58(54)69)68(47-27-22-41-14-7-8-15-42(41)36-47)48-33-35-61-52(37-48)50-16-9-11-20-60(50)71-61/h7-40H,1-6H3. The number of nitrogens with zero attached hydrogens (tertiary/aromatic N) is 3. The van der Waals surface area contributed by atoms with Crippen molar-refractivity contribution < 1.29 is 4.42 Å². The van der Waals surface area contributed by atoms with E-state index in [1.165, 1.54) is 75.5 Å². The Balaban J connectivity index is 1.04. The first-order valence-electron chi connectivity index (χ1n) is 25.2. The summed E-state index contributed by atoms with van der Waals surface area (Å²) in [6.45, 7) is 13.7. The van der Waals surface area contributed by atoms with Crippen molar-refractivity contribution in [3.63, 3.8) is 0 Å². The van der Waals surface area contributed by atoms with E-state index >= 15 is 0 Å². The molecule has 6 heteroatoms. The zero-order chi connectivity index (χ0) is 48.6. The van der Waals surface area contributed by atoms with Gasteiger partial charge in [0.1, 0.15) is 11.2 Å². The Morgan fingerprint density at radius 3 is 1.68 bits per heavy atom. The monoisotopic (exact) mass is 945 g/mol. The largest absolute Gasteiger partial charge is 0.456 e. The third-order valence-electron chi connectivity index (χ3n) is 15.3. The van der Waals surface area contributed by atoms with Crippen LogP contribution in [0.3, 0.4) is 0 Å². The Morgan fingerprint density at radius 1 is 0.403 bits per heavy atom. The third-order valence-corrected chi connectivity index (χ3v) is 16.5. The van der Waals surface area contributed by atoms with Crippen LogP contribution in [0.5, 0.6) is 0 Å². The minimum Gasteiger partial charge on any atom is -0.456 e. The molecule has 2 aromatic heterocycles. The average molecular weight is 946 g/mol. The van der Waals surface area contributed by atoms with Gasteiger partial charge < -0.3 is 19.1 Å². The van der Waals surface area contributed by atoms with Gasteiger partial charge in [0.05, 0.1) is 0 Å². The normalized spacial score (nSPS) is 13.3. The maximum absolute atomic E-state index is 6.40. The second-order valence-corrected chi connectivity index (χ2v) is 22.9. The van der Waals surface area contributed by atoms with Crippen molar-refractivity contribution >= 4 is 139 Å². The molecule has 0 spiro atoms. The molecule has 2 aliphatic rings. The van der Waals surface area contributed by atoms with Gasteiger partial charge in [-0.25, -0.2) is 0 Å². The number of hydrogen-bond acceptors (Lipinski definition) is 5. The second-order valence-electron chi connectivity index (χ2n) is 21.8. The first kappa shape index (κ1) is 42.8. The van der Waals surface area contributed by atoms with Crippen molar-refractivity contribution in [3.05, 3.63) is 217 Å². The van der Waals surface area contributed by atoms with Crippen LogP contribution in [0.1, 0.15) is 52.7 Å². The number of para-hydroxylation sites is 1. The molecule has 10 aromatic carbocycles. The quantitative estimate of drug-likeness (QED) is 0.160. The predicted molar refractivity (Wildman–Crippen MR) is 310 cm³/mol. The first-order chi connectivity index (χ1) is 34.9. The molecule has 0 unspecified atom stereocenters. The van der Waals surface area contributed by atoms with Crippen molar-refractivity contribution in [2.45, 2.75) is 52.4 Å². The van der Waals surface area contributed by atoms with Crippen molar-refractivity contribution in [1.29, 1.82) is 0 Å². The van der Waals surface area contributed by atoms with E-state index in [-0.39, 0.29) is 17.5 Å². The second kappa shape index (κ2) is 15.7. The summed E-state index contributed by atoms with van der Waals surface area (Å²) in [7, 11) is 0. The molecule has 4 heterocycles. The molecule has 0 atom stereocenters. The minimum absolute atomic E-state index is 0.00813. The SMILES string of the molecule is CC(C)(C)c1ccc(N2c3cc(N(c4ccc5ccccc5c4)c4ccc5oc6ccccc6c5c4)ccc3B3c4cc5c(cc4N(c4ccc(C(C)(C)C)cc4)c4cccc2c43)sc2ccccc25)cc1. The molecule has 4 nitrogen and oxygen atoms in total. The van der Waals surface area contributed by atoms with Gasteiger partial charge in [-0.1, -0.05) is 151 Å². The lowest BCUT2D eigenvalue weighted by molar-refractivity contribution is 0.590. The molecule has 0 N–H and O–H groups in total. The average Bonchev–Trinajstić information content (AvgIpc) is 3.95. The summed E-state index contributed by atoms with van der Waals surface area (Å²) in [4.78, 5) is 7.51. The fourth-order valence-electron chi connectivity index (χ4n) is 11.7. The molecule has 0 amide bonds. The minimum atomic E-state index is -0.0451. The van der Waals surface area contributed by atoms with Crippen LogP contribution in [0.2, 0.25) is 0 Å². The molecular weight excluding hydrogens is 894 g/mol. The van der Waals surface area contributed by atoms with E-state index in [1.807, 2.05) is 17.4 Å². The zero-order valence-electron chi connectivity index (χ0n) is 41.4. The fraction of sp³-hybridized carbons (Fsp3) is 0.121. The van der Waals surface area contributed by atoms with Crippen LogP contribution in [0.4, 0.5) is 51.2 Å². The maximum atomic E-state index is 6.40. The molecule has 0 radical (unpaired) electrons. The van der Waals surface area contributed by atoms with E-state index in [9.17, 15) is 0 Å². The summed E-state index contributed by atoms with van der Waals surface area (Å²) in [6.07, 6.45) is 0. The van der Waals surface area contributed by atoms with Gasteiger partial charge in [-0.2, -0.15) is 0 Å². The van der Waals surface area contributed by atoms with Crippen molar-refractivity contribution in [2.75, 3.05) is 14.7 Å². The number of rotatable bonds is 5. The van der Waals surface area contributed by atoms with E-state index in [0.29, 0.717) is 0 Å². The van der Waals surface area contributed by atoms with Gasteiger partial charge in [-0.3, -0.25) is 0 Å². The van der Waals surface area contributed by atoms with Gasteiger partial charge in [0.15, 0.2) is 0 Å². The number of anilines is 9. The van der Waals surface area contributed by atoms with Crippen LogP contribution in [0, 0.1) is 0 Å². The summed E-state index contributed by atoms with van der Waals surface area (Å²) in [5.74, 6) is 0. The number of thiophene rings is 1. The predicted octanol–water partition coefficient (Wildman–Crippen LogP) is 17.3.